The number of benzene rings is 2. The molecule has 0 spiro atoms. The lowest BCUT2D eigenvalue weighted by Gasteiger charge is -2.15. The topological polar surface area (TPSA) is 41.1 Å². The Kier molecular flexibility index (Phi) is 4.86. The van der Waals surface area contributed by atoms with Gasteiger partial charge in [-0.05, 0) is 56.7 Å². The summed E-state index contributed by atoms with van der Waals surface area (Å²) >= 11 is 5.93. The van der Waals surface area contributed by atoms with E-state index in [1.54, 1.807) is 6.07 Å². The lowest BCUT2D eigenvalue weighted by Crippen LogP contribution is -2.18. The van der Waals surface area contributed by atoms with Crippen molar-refractivity contribution in [1.82, 2.24) is 0 Å². The number of hydrogen-bond acceptors (Lipinski definition) is 2. The highest BCUT2D eigenvalue weighted by Gasteiger charge is 2.12. The van der Waals surface area contributed by atoms with E-state index in [9.17, 15) is 4.79 Å². The van der Waals surface area contributed by atoms with Crippen molar-refractivity contribution in [3.8, 4) is 0 Å². The van der Waals surface area contributed by atoms with Gasteiger partial charge in [0.1, 0.15) is 0 Å². The minimum Gasteiger partial charge on any atom is -0.382 e. The van der Waals surface area contributed by atoms with Crippen LogP contribution >= 0.6 is 11.6 Å². The molecule has 0 aliphatic carbocycles. The number of anilines is 2. The zero-order valence-electron chi connectivity index (χ0n) is 12.4. The molecule has 2 aromatic carbocycles. The van der Waals surface area contributed by atoms with E-state index in [1.807, 2.05) is 57.2 Å². The van der Waals surface area contributed by atoms with Crippen LogP contribution in [0.3, 0.4) is 0 Å². The average Bonchev–Trinajstić information content (AvgIpc) is 2.42. The molecule has 0 aliphatic heterocycles. The van der Waals surface area contributed by atoms with Crippen molar-refractivity contribution in [2.24, 2.45) is 0 Å². The van der Waals surface area contributed by atoms with E-state index in [0.717, 1.165) is 16.9 Å². The van der Waals surface area contributed by atoms with Crippen LogP contribution in [0.1, 0.15) is 29.8 Å². The second-order valence-corrected chi connectivity index (χ2v) is 5.69. The fourth-order valence-corrected chi connectivity index (χ4v) is 2.30. The van der Waals surface area contributed by atoms with Gasteiger partial charge in [0.2, 0.25) is 0 Å². The van der Waals surface area contributed by atoms with Crippen molar-refractivity contribution >= 4 is 28.9 Å². The quantitative estimate of drug-likeness (QED) is 0.858. The molecular formula is C17H19ClN2O. The smallest absolute Gasteiger partial charge is 0.257 e. The molecule has 0 aromatic heterocycles. The number of amides is 1. The van der Waals surface area contributed by atoms with E-state index in [-0.39, 0.29) is 11.9 Å². The first-order chi connectivity index (χ1) is 9.97. The maximum Gasteiger partial charge on any atom is 0.257 e. The van der Waals surface area contributed by atoms with Crippen LogP contribution in [0.2, 0.25) is 5.02 Å². The highest BCUT2D eigenvalue weighted by atomic mass is 35.5. The molecule has 2 N–H and O–H groups in total. The van der Waals surface area contributed by atoms with Crippen LogP contribution in [0, 0.1) is 6.92 Å². The maximum absolute atomic E-state index is 12.5. The van der Waals surface area contributed by atoms with E-state index in [1.165, 1.54) is 0 Å². The predicted molar refractivity (Wildman–Crippen MR) is 89.3 cm³/mol. The molecule has 0 fully saturated rings. The molecule has 0 radical (unpaired) electrons. The number of aryl methyl sites for hydroxylation is 1. The van der Waals surface area contributed by atoms with Crippen LogP contribution < -0.4 is 10.6 Å². The molecule has 3 nitrogen and oxygen atoms in total. The fourth-order valence-electron chi connectivity index (χ4n) is 2.07. The van der Waals surface area contributed by atoms with Crippen LogP contribution in [-0.4, -0.2) is 11.9 Å². The van der Waals surface area contributed by atoms with E-state index < -0.39 is 0 Å². The molecule has 21 heavy (non-hydrogen) atoms. The summed E-state index contributed by atoms with van der Waals surface area (Å²) in [7, 11) is 0. The number of halogens is 1. The first-order valence-corrected chi connectivity index (χ1v) is 7.28. The first kappa shape index (κ1) is 15.4. The molecule has 0 unspecified atom stereocenters. The van der Waals surface area contributed by atoms with Crippen LogP contribution in [0.15, 0.2) is 42.5 Å². The van der Waals surface area contributed by atoms with Gasteiger partial charge in [0.15, 0.2) is 0 Å². The van der Waals surface area contributed by atoms with E-state index in [4.69, 9.17) is 11.6 Å². The summed E-state index contributed by atoms with van der Waals surface area (Å²) in [5.74, 6) is -0.135. The Morgan fingerprint density at radius 2 is 1.81 bits per heavy atom. The minimum absolute atomic E-state index is 0.135. The minimum atomic E-state index is -0.135. The summed E-state index contributed by atoms with van der Waals surface area (Å²) in [4.78, 5) is 12.5. The van der Waals surface area contributed by atoms with Crippen molar-refractivity contribution in [1.29, 1.82) is 0 Å². The number of hydrogen-bond donors (Lipinski definition) is 2. The molecular weight excluding hydrogens is 284 g/mol. The van der Waals surface area contributed by atoms with E-state index >= 15 is 0 Å². The third kappa shape index (κ3) is 3.99. The van der Waals surface area contributed by atoms with Gasteiger partial charge >= 0.3 is 0 Å². The van der Waals surface area contributed by atoms with Crippen molar-refractivity contribution in [2.75, 3.05) is 10.6 Å². The van der Waals surface area contributed by atoms with Crippen molar-refractivity contribution in [3.63, 3.8) is 0 Å². The number of rotatable bonds is 4. The van der Waals surface area contributed by atoms with Gasteiger partial charge in [-0.25, -0.2) is 0 Å². The van der Waals surface area contributed by atoms with Crippen LogP contribution in [0.25, 0.3) is 0 Å². The lowest BCUT2D eigenvalue weighted by molar-refractivity contribution is 0.102. The molecule has 2 rings (SSSR count). The number of para-hydroxylation sites is 1. The van der Waals surface area contributed by atoms with Gasteiger partial charge in [0, 0.05) is 22.4 Å². The second-order valence-electron chi connectivity index (χ2n) is 5.26. The highest BCUT2D eigenvalue weighted by molar-refractivity contribution is 6.30. The standard InChI is InChI=1S/C17H19ClN2O/c1-11(2)19-16-7-5-4-6-14(16)17(21)20-15-9-8-13(18)10-12(15)3/h4-11,19H,1-3H3,(H,20,21). The van der Waals surface area contributed by atoms with Gasteiger partial charge in [0.05, 0.1) is 5.56 Å². The Balaban J connectivity index is 2.24. The maximum atomic E-state index is 12.5. The second kappa shape index (κ2) is 6.64. The molecule has 2 aromatic rings. The zero-order valence-corrected chi connectivity index (χ0v) is 13.2. The Morgan fingerprint density at radius 1 is 1.10 bits per heavy atom. The third-order valence-corrected chi connectivity index (χ3v) is 3.29. The summed E-state index contributed by atoms with van der Waals surface area (Å²) < 4.78 is 0. The summed E-state index contributed by atoms with van der Waals surface area (Å²) in [6.45, 7) is 6.00. The fraction of sp³-hybridized carbons (Fsp3) is 0.235. The van der Waals surface area contributed by atoms with E-state index in [2.05, 4.69) is 10.6 Å². The summed E-state index contributed by atoms with van der Waals surface area (Å²) in [6, 6.07) is 13.2. The van der Waals surface area contributed by atoms with Crippen LogP contribution in [0.4, 0.5) is 11.4 Å². The van der Waals surface area contributed by atoms with Crippen molar-refractivity contribution in [2.45, 2.75) is 26.8 Å². The molecule has 0 atom stereocenters. The molecule has 0 saturated carbocycles. The number of carbonyl (C=O) groups excluding carboxylic acids is 1. The van der Waals surface area contributed by atoms with Gasteiger partial charge in [-0.1, -0.05) is 23.7 Å². The summed E-state index contributed by atoms with van der Waals surface area (Å²) in [5, 5.41) is 6.87. The SMILES string of the molecule is Cc1cc(Cl)ccc1NC(=O)c1ccccc1NC(C)C. The Labute approximate surface area is 130 Å². The highest BCUT2D eigenvalue weighted by Crippen LogP contribution is 2.22. The van der Waals surface area contributed by atoms with E-state index in [0.29, 0.717) is 10.6 Å². The first-order valence-electron chi connectivity index (χ1n) is 6.90. The zero-order chi connectivity index (χ0) is 15.4. The summed E-state index contributed by atoms with van der Waals surface area (Å²) in [5.41, 5.74) is 3.16. The Hall–Kier alpha value is -2.00. The largest absolute Gasteiger partial charge is 0.382 e. The van der Waals surface area contributed by atoms with Gasteiger partial charge in [-0.3, -0.25) is 4.79 Å². The normalized spacial score (nSPS) is 10.5. The Bertz CT molecular complexity index is 653. The molecule has 0 heterocycles. The summed E-state index contributed by atoms with van der Waals surface area (Å²) in [6.07, 6.45) is 0. The Morgan fingerprint density at radius 3 is 2.48 bits per heavy atom. The average molecular weight is 303 g/mol. The number of carbonyl (C=O) groups is 1. The van der Waals surface area contributed by atoms with Gasteiger partial charge in [0.25, 0.3) is 5.91 Å². The van der Waals surface area contributed by atoms with Gasteiger partial charge < -0.3 is 10.6 Å². The molecule has 1 amide bonds. The van der Waals surface area contributed by atoms with Gasteiger partial charge in [-0.15, -0.1) is 0 Å². The van der Waals surface area contributed by atoms with Crippen LogP contribution in [0.5, 0.6) is 0 Å². The molecule has 0 saturated heterocycles. The monoisotopic (exact) mass is 302 g/mol. The number of nitrogens with one attached hydrogen (secondary N) is 2. The predicted octanol–water partition coefficient (Wildman–Crippen LogP) is 4.72. The van der Waals surface area contributed by atoms with Crippen LogP contribution in [-0.2, 0) is 0 Å². The van der Waals surface area contributed by atoms with Gasteiger partial charge in [-0.2, -0.15) is 0 Å². The molecule has 0 bridgehead atoms. The molecule has 110 valence electrons. The third-order valence-electron chi connectivity index (χ3n) is 3.05. The molecule has 0 aliphatic rings. The lowest BCUT2D eigenvalue weighted by atomic mass is 10.1. The van der Waals surface area contributed by atoms with Crippen molar-refractivity contribution < 1.29 is 4.79 Å². The molecule has 4 heteroatoms. The van der Waals surface area contributed by atoms with Crippen molar-refractivity contribution in [3.05, 3.63) is 58.6 Å².